The van der Waals surface area contributed by atoms with E-state index in [1.807, 2.05) is 20.8 Å². The van der Waals surface area contributed by atoms with Crippen LogP contribution >= 0.6 is 0 Å². The maximum absolute atomic E-state index is 9.88. The molecule has 0 aliphatic carbocycles. The molecule has 15 heteroatoms. The Kier molecular flexibility index (Phi) is 21.7. The van der Waals surface area contributed by atoms with Crippen molar-refractivity contribution < 1.29 is 41.9 Å². The fourth-order valence-electron chi connectivity index (χ4n) is 5.37. The van der Waals surface area contributed by atoms with E-state index in [0.717, 1.165) is 31.4 Å². The fourth-order valence-corrected chi connectivity index (χ4v) is 12.2. The van der Waals surface area contributed by atoms with Crippen LogP contribution in [0.5, 0.6) is 0 Å². The van der Waals surface area contributed by atoms with Gasteiger partial charge in [-0.2, -0.15) is 0 Å². The molecule has 2 aliphatic heterocycles. The van der Waals surface area contributed by atoms with Gasteiger partial charge >= 0.3 is 17.6 Å². The molecule has 2 aliphatic rings. The Bertz CT molecular complexity index is 804. The van der Waals surface area contributed by atoms with Crippen LogP contribution < -0.4 is 11.5 Å². The monoisotopic (exact) mass is 720 g/mol. The van der Waals surface area contributed by atoms with Gasteiger partial charge in [-0.1, -0.05) is 13.8 Å². The van der Waals surface area contributed by atoms with E-state index in [2.05, 4.69) is 34.6 Å². The zero-order valence-electron chi connectivity index (χ0n) is 29.7. The molecule has 0 saturated carbocycles. The predicted molar refractivity (Wildman–Crippen MR) is 198 cm³/mol. The van der Waals surface area contributed by atoms with E-state index in [4.69, 9.17) is 38.0 Å². The fraction of sp³-hybridized carbons (Fsp3) is 1.00. The van der Waals surface area contributed by atoms with Gasteiger partial charge in [-0.05, 0) is 137 Å². The summed E-state index contributed by atoms with van der Waals surface area (Å²) in [5.74, 6) is 0. The molecule has 5 atom stereocenters. The third-order valence-corrected chi connectivity index (χ3v) is 15.8. The van der Waals surface area contributed by atoms with Gasteiger partial charge < -0.3 is 53.3 Å². The van der Waals surface area contributed by atoms with E-state index in [9.17, 15) is 15.3 Å². The number of nitrogens with two attached hydrogens (primary N) is 2. The first-order valence-electron chi connectivity index (χ1n) is 16.1. The molecule has 7 N–H and O–H groups in total. The lowest BCUT2D eigenvalue weighted by atomic mass is 9.73. The van der Waals surface area contributed by atoms with E-state index in [1.54, 1.807) is 6.92 Å². The van der Waals surface area contributed by atoms with Gasteiger partial charge in [0.25, 0.3) is 0 Å². The Balaban J connectivity index is -0.000000586. The smallest absolute Gasteiger partial charge is 0.387 e. The molecule has 45 heavy (non-hydrogen) atoms. The topological polar surface area (TPSA) is 168 Å². The molecule has 11 nitrogen and oxygen atoms in total. The zero-order valence-corrected chi connectivity index (χ0v) is 31.7. The Morgan fingerprint density at radius 3 is 1.47 bits per heavy atom. The normalized spacial score (nSPS) is 27.9. The van der Waals surface area contributed by atoms with E-state index in [0.29, 0.717) is 39.3 Å². The number of fused-ring (bicyclic) bond motifs is 2. The largest absolute Gasteiger partial charge is 0.502 e. The minimum absolute atomic E-state index is 0. The number of rotatable bonds is 16. The number of hydrogen-bond donors (Lipinski definition) is 5. The maximum Gasteiger partial charge on any atom is 0.502 e. The minimum atomic E-state index is -2.50. The molecule has 0 aromatic rings. The Morgan fingerprint density at radius 2 is 1.18 bits per heavy atom. The predicted octanol–water partition coefficient (Wildman–Crippen LogP) is 1.21. The summed E-state index contributed by atoms with van der Waals surface area (Å²) < 4.78 is 35.7. The van der Waals surface area contributed by atoms with Crippen molar-refractivity contribution in [3.05, 3.63) is 0 Å². The molecule has 0 spiro atoms. The lowest BCUT2D eigenvalue weighted by molar-refractivity contribution is -0.219. The van der Waals surface area contributed by atoms with E-state index < -0.39 is 34.4 Å². The highest BCUT2D eigenvalue weighted by Crippen LogP contribution is 2.59. The standard InChI is InChI=1S/C12H25NO3Si.C9H23NO3Si.C9H20O3.2H4Si/c1-6-11(4)12(5)10(2,3)14-17(15-11,16-12)9-7-8-13;1-4-11-14(12-5-2,13-6-3)9-7-8-10;1-6-8(4,11)9(5,12)7(2,3)10;;/h6-9,13H2,1-5H3;4-10H2,1-3H3;10-12H,6H2,1-5H3;2*1H4/t11-,12+,17?;;8-,9+;;/m1.1../s1. The van der Waals surface area contributed by atoms with Gasteiger partial charge in [0.05, 0.1) is 22.4 Å². The van der Waals surface area contributed by atoms with E-state index >= 15 is 0 Å². The Hall–Kier alpha value is 0.428. The van der Waals surface area contributed by atoms with Gasteiger partial charge in [-0.25, -0.2) is 0 Å². The van der Waals surface area contributed by atoms with Crippen molar-refractivity contribution in [1.29, 1.82) is 0 Å². The van der Waals surface area contributed by atoms with Crippen LogP contribution in [-0.4, -0.2) is 121 Å². The van der Waals surface area contributed by atoms with Crippen molar-refractivity contribution >= 4 is 39.5 Å². The van der Waals surface area contributed by atoms with Crippen molar-refractivity contribution in [1.82, 2.24) is 0 Å². The average molecular weight is 721 g/mol. The van der Waals surface area contributed by atoms with Gasteiger partial charge in [0.15, 0.2) is 0 Å². The number of aliphatic hydroxyl groups is 3. The van der Waals surface area contributed by atoms with Crippen LogP contribution in [-0.2, 0) is 26.6 Å². The molecule has 276 valence electrons. The highest BCUT2D eigenvalue weighted by molar-refractivity contribution is 6.62. The molecule has 2 rings (SSSR count). The molecular formula is C30H76N2O9Si4. The second kappa shape index (κ2) is 19.6. The van der Waals surface area contributed by atoms with Gasteiger partial charge in [-0.15, -0.1) is 0 Å². The van der Waals surface area contributed by atoms with Crippen LogP contribution in [0.15, 0.2) is 0 Å². The minimum Gasteiger partial charge on any atom is -0.387 e. The Labute approximate surface area is 286 Å². The van der Waals surface area contributed by atoms with Gasteiger partial charge in [0.2, 0.25) is 0 Å². The van der Waals surface area contributed by atoms with E-state index in [1.165, 1.54) is 27.7 Å². The second-order valence-electron chi connectivity index (χ2n) is 13.1. The molecule has 0 amide bonds. The first kappa shape index (κ1) is 49.8. The lowest BCUT2D eigenvalue weighted by Crippen LogP contribution is -2.63. The number of hydrogen-bond acceptors (Lipinski definition) is 11. The van der Waals surface area contributed by atoms with Crippen LogP contribution in [0, 0.1) is 0 Å². The van der Waals surface area contributed by atoms with Crippen molar-refractivity contribution in [3.8, 4) is 0 Å². The van der Waals surface area contributed by atoms with Crippen LogP contribution in [0.3, 0.4) is 0 Å². The molecule has 0 aromatic carbocycles. The summed E-state index contributed by atoms with van der Waals surface area (Å²) in [6.07, 6.45) is 3.13. The summed E-state index contributed by atoms with van der Waals surface area (Å²) in [4.78, 5) is 0. The SMILES string of the molecule is CCO[Si](CCCN)(OCC)OCC.CC[C@@](C)(O)[C@@](C)(O)C(C)(C)O.CC[C@@]1(C)O[Si]2(CCCN)OC(C)(C)[C@]1(C)O2.[SiH4].[SiH4]. The van der Waals surface area contributed by atoms with Crippen LogP contribution in [0.4, 0.5) is 0 Å². The molecule has 0 aromatic heterocycles. The van der Waals surface area contributed by atoms with Gasteiger partial charge in [0.1, 0.15) is 11.2 Å². The molecule has 2 fully saturated rings. The first-order valence-corrected chi connectivity index (χ1v) is 20.0. The summed E-state index contributed by atoms with van der Waals surface area (Å²) in [6, 6.07) is 1.65. The average Bonchev–Trinajstić information content (AvgIpc) is 3.26. The van der Waals surface area contributed by atoms with Crippen LogP contribution in [0.25, 0.3) is 0 Å². The van der Waals surface area contributed by atoms with Crippen LogP contribution in [0.1, 0.15) is 116 Å². The van der Waals surface area contributed by atoms with Crippen molar-refractivity contribution in [2.75, 3.05) is 32.9 Å². The maximum atomic E-state index is 9.88. The summed E-state index contributed by atoms with van der Waals surface area (Å²) >= 11 is 0. The quantitative estimate of drug-likeness (QED) is 0.146. The van der Waals surface area contributed by atoms with E-state index in [-0.39, 0.29) is 38.7 Å². The summed E-state index contributed by atoms with van der Waals surface area (Å²) in [5, 5.41) is 29.3. The lowest BCUT2D eigenvalue weighted by Gasteiger charge is -2.48. The highest BCUT2D eigenvalue weighted by atomic mass is 28.4. The molecule has 2 bridgehead atoms. The van der Waals surface area contributed by atoms with Crippen LogP contribution in [0.2, 0.25) is 12.1 Å². The molecule has 1 unspecified atom stereocenters. The molecular weight excluding hydrogens is 645 g/mol. The molecule has 0 radical (unpaired) electrons. The van der Waals surface area contributed by atoms with Gasteiger partial charge in [-0.3, -0.25) is 0 Å². The Morgan fingerprint density at radius 1 is 0.733 bits per heavy atom. The van der Waals surface area contributed by atoms with Crippen molar-refractivity contribution in [2.45, 2.75) is 161 Å². The van der Waals surface area contributed by atoms with Crippen molar-refractivity contribution in [2.24, 2.45) is 11.5 Å². The highest BCUT2D eigenvalue weighted by Gasteiger charge is 2.76. The first-order chi connectivity index (χ1) is 19.5. The molecule has 2 saturated heterocycles. The molecule has 2 heterocycles. The third kappa shape index (κ3) is 11.8. The van der Waals surface area contributed by atoms with Crippen molar-refractivity contribution in [3.63, 3.8) is 0 Å². The second-order valence-corrected chi connectivity index (χ2v) is 18.4. The summed E-state index contributed by atoms with van der Waals surface area (Å²) in [7, 11) is -4.89. The summed E-state index contributed by atoms with van der Waals surface area (Å²) in [5.41, 5.74) is 6.11. The van der Waals surface area contributed by atoms with Gasteiger partial charge in [0, 0.05) is 31.9 Å². The zero-order chi connectivity index (χ0) is 34.0. The summed E-state index contributed by atoms with van der Waals surface area (Å²) in [6.45, 7) is 27.4. The third-order valence-electron chi connectivity index (χ3n) is 9.38.